The van der Waals surface area contributed by atoms with Gasteiger partial charge in [-0.25, -0.2) is 4.79 Å². The van der Waals surface area contributed by atoms with Crippen LogP contribution in [0.3, 0.4) is 0 Å². The number of hydrogen-bond donors (Lipinski definition) is 1. The third-order valence-electron chi connectivity index (χ3n) is 4.71. The summed E-state index contributed by atoms with van der Waals surface area (Å²) in [7, 11) is 0. The smallest absolute Gasteiger partial charge is 0.414 e. The van der Waals surface area contributed by atoms with E-state index in [0.29, 0.717) is 12.0 Å². The van der Waals surface area contributed by atoms with Crippen LogP contribution in [0.15, 0.2) is 18.2 Å². The number of carbonyl (C=O) groups excluding carboxylic acids is 1. The van der Waals surface area contributed by atoms with E-state index >= 15 is 0 Å². The molecule has 0 saturated carbocycles. The molecule has 0 fully saturated rings. The standard InChI is InChI=1S/C21H34N2O2/c1-7-18(15(2)3)22-14-17-11-8-10-16-12-9-13-23(19(16)17)20(24)25-21(4,5)6/h8,10-11,15,18,22H,7,9,12-14H2,1-6H3. The number of rotatable bonds is 5. The Morgan fingerprint density at radius 3 is 2.64 bits per heavy atom. The molecule has 0 radical (unpaired) electrons. The maximum absolute atomic E-state index is 12.7. The molecule has 1 unspecified atom stereocenters. The molecule has 25 heavy (non-hydrogen) atoms. The lowest BCUT2D eigenvalue weighted by Crippen LogP contribution is -2.41. The Labute approximate surface area is 152 Å². The van der Waals surface area contributed by atoms with Gasteiger partial charge in [-0.1, -0.05) is 39.0 Å². The summed E-state index contributed by atoms with van der Waals surface area (Å²) in [6, 6.07) is 6.84. The van der Waals surface area contributed by atoms with Gasteiger partial charge in [0.1, 0.15) is 5.60 Å². The number of aryl methyl sites for hydroxylation is 1. The first kappa shape index (κ1) is 19.8. The molecular weight excluding hydrogens is 312 g/mol. The monoisotopic (exact) mass is 346 g/mol. The molecule has 1 aromatic carbocycles. The zero-order valence-corrected chi connectivity index (χ0v) is 16.7. The number of para-hydroxylation sites is 1. The van der Waals surface area contributed by atoms with Crippen molar-refractivity contribution in [2.24, 2.45) is 5.92 Å². The fourth-order valence-corrected chi connectivity index (χ4v) is 3.47. The molecule has 2 rings (SSSR count). The zero-order chi connectivity index (χ0) is 18.6. The van der Waals surface area contributed by atoms with Gasteiger partial charge in [0.15, 0.2) is 0 Å². The summed E-state index contributed by atoms with van der Waals surface area (Å²) >= 11 is 0. The predicted molar refractivity (Wildman–Crippen MR) is 104 cm³/mol. The summed E-state index contributed by atoms with van der Waals surface area (Å²) in [4.78, 5) is 14.5. The molecule has 0 aromatic heterocycles. The minimum Gasteiger partial charge on any atom is -0.443 e. The van der Waals surface area contributed by atoms with Gasteiger partial charge in [-0.3, -0.25) is 4.90 Å². The van der Waals surface area contributed by atoms with E-state index in [0.717, 1.165) is 38.0 Å². The Balaban J connectivity index is 2.25. The fourth-order valence-electron chi connectivity index (χ4n) is 3.47. The quantitative estimate of drug-likeness (QED) is 0.824. The van der Waals surface area contributed by atoms with Crippen molar-refractivity contribution in [1.82, 2.24) is 5.32 Å². The van der Waals surface area contributed by atoms with Crippen LogP contribution in [0.2, 0.25) is 0 Å². The van der Waals surface area contributed by atoms with Crippen molar-refractivity contribution in [3.63, 3.8) is 0 Å². The number of nitrogens with one attached hydrogen (secondary N) is 1. The van der Waals surface area contributed by atoms with E-state index in [4.69, 9.17) is 4.74 Å². The van der Waals surface area contributed by atoms with Crippen molar-refractivity contribution in [3.05, 3.63) is 29.3 Å². The lowest BCUT2D eigenvalue weighted by atomic mass is 9.97. The highest BCUT2D eigenvalue weighted by molar-refractivity contribution is 5.90. The van der Waals surface area contributed by atoms with Crippen molar-refractivity contribution in [3.8, 4) is 0 Å². The van der Waals surface area contributed by atoms with Gasteiger partial charge >= 0.3 is 6.09 Å². The molecule has 1 aliphatic rings. The van der Waals surface area contributed by atoms with Crippen LogP contribution >= 0.6 is 0 Å². The number of amides is 1. The molecule has 1 amide bonds. The Kier molecular flexibility index (Phi) is 6.50. The largest absolute Gasteiger partial charge is 0.443 e. The maximum atomic E-state index is 12.7. The molecule has 0 bridgehead atoms. The molecule has 1 heterocycles. The number of ether oxygens (including phenoxy) is 1. The lowest BCUT2D eigenvalue weighted by molar-refractivity contribution is 0.0577. The van der Waals surface area contributed by atoms with Crippen LogP contribution in [0, 0.1) is 5.92 Å². The van der Waals surface area contributed by atoms with Crippen LogP contribution < -0.4 is 10.2 Å². The van der Waals surface area contributed by atoms with Gasteiger partial charge in [0.2, 0.25) is 0 Å². The van der Waals surface area contributed by atoms with Crippen molar-refractivity contribution in [2.45, 2.75) is 79.0 Å². The van der Waals surface area contributed by atoms with Crippen LogP contribution in [-0.2, 0) is 17.7 Å². The van der Waals surface area contributed by atoms with Gasteiger partial charge in [-0.15, -0.1) is 0 Å². The molecule has 0 spiro atoms. The molecule has 1 aromatic rings. The third-order valence-corrected chi connectivity index (χ3v) is 4.71. The molecule has 1 atom stereocenters. The number of benzene rings is 1. The molecule has 140 valence electrons. The summed E-state index contributed by atoms with van der Waals surface area (Å²) < 4.78 is 5.64. The van der Waals surface area contributed by atoms with Crippen LogP contribution in [0.4, 0.5) is 10.5 Å². The number of fused-ring (bicyclic) bond motifs is 1. The van der Waals surface area contributed by atoms with E-state index < -0.39 is 5.60 Å². The predicted octanol–water partition coefficient (Wildman–Crippen LogP) is 4.90. The van der Waals surface area contributed by atoms with Crippen LogP contribution in [0.5, 0.6) is 0 Å². The average Bonchev–Trinajstić information content (AvgIpc) is 2.53. The SMILES string of the molecule is CCC(NCc1cccc2c1N(C(=O)OC(C)(C)C)CCC2)C(C)C. The Bertz CT molecular complexity index is 590. The fraction of sp³-hybridized carbons (Fsp3) is 0.667. The molecule has 0 aliphatic carbocycles. The normalized spacial score (nSPS) is 15.9. The number of hydrogen-bond acceptors (Lipinski definition) is 3. The minimum absolute atomic E-state index is 0.239. The van der Waals surface area contributed by atoms with Crippen LogP contribution in [-0.4, -0.2) is 24.3 Å². The molecule has 4 heteroatoms. The Hall–Kier alpha value is -1.55. The highest BCUT2D eigenvalue weighted by atomic mass is 16.6. The van der Waals surface area contributed by atoms with E-state index in [9.17, 15) is 4.79 Å². The first-order chi connectivity index (χ1) is 11.7. The first-order valence-corrected chi connectivity index (χ1v) is 9.57. The first-order valence-electron chi connectivity index (χ1n) is 9.57. The Morgan fingerprint density at radius 2 is 2.04 bits per heavy atom. The zero-order valence-electron chi connectivity index (χ0n) is 16.7. The highest BCUT2D eigenvalue weighted by Crippen LogP contribution is 2.32. The van der Waals surface area contributed by atoms with E-state index in [1.165, 1.54) is 11.1 Å². The summed E-state index contributed by atoms with van der Waals surface area (Å²) in [5.74, 6) is 0.589. The summed E-state index contributed by atoms with van der Waals surface area (Å²) in [6.45, 7) is 13.9. The van der Waals surface area contributed by atoms with Gasteiger partial charge in [-0.2, -0.15) is 0 Å². The Morgan fingerprint density at radius 1 is 1.32 bits per heavy atom. The average molecular weight is 347 g/mol. The number of nitrogens with zero attached hydrogens (tertiary/aromatic N) is 1. The van der Waals surface area contributed by atoms with E-state index in [-0.39, 0.29) is 6.09 Å². The van der Waals surface area contributed by atoms with E-state index in [1.807, 2.05) is 25.7 Å². The second-order valence-electron chi connectivity index (χ2n) is 8.30. The lowest BCUT2D eigenvalue weighted by Gasteiger charge is -2.33. The summed E-state index contributed by atoms with van der Waals surface area (Å²) in [6.07, 6.45) is 2.86. The number of anilines is 1. The minimum atomic E-state index is -0.479. The van der Waals surface area contributed by atoms with Crippen LogP contribution in [0.1, 0.15) is 65.5 Å². The van der Waals surface area contributed by atoms with E-state index in [2.05, 4.69) is 44.3 Å². The van der Waals surface area contributed by atoms with Gasteiger partial charge in [0.05, 0.1) is 5.69 Å². The molecule has 0 saturated heterocycles. The van der Waals surface area contributed by atoms with Gasteiger partial charge in [0, 0.05) is 19.1 Å². The summed E-state index contributed by atoms with van der Waals surface area (Å²) in [5.41, 5.74) is 3.00. The molecular formula is C21H34N2O2. The number of carbonyl (C=O) groups is 1. The van der Waals surface area contributed by atoms with Gasteiger partial charge < -0.3 is 10.1 Å². The second kappa shape index (κ2) is 8.22. The van der Waals surface area contributed by atoms with Gasteiger partial charge in [0.25, 0.3) is 0 Å². The van der Waals surface area contributed by atoms with Crippen molar-refractivity contribution in [1.29, 1.82) is 0 Å². The third kappa shape index (κ3) is 5.21. The maximum Gasteiger partial charge on any atom is 0.414 e. The van der Waals surface area contributed by atoms with Crippen LogP contribution in [0.25, 0.3) is 0 Å². The molecule has 4 nitrogen and oxygen atoms in total. The van der Waals surface area contributed by atoms with Crippen molar-refractivity contribution in [2.75, 3.05) is 11.4 Å². The topological polar surface area (TPSA) is 41.6 Å². The molecule has 1 N–H and O–H groups in total. The molecule has 1 aliphatic heterocycles. The van der Waals surface area contributed by atoms with Gasteiger partial charge in [-0.05, 0) is 57.1 Å². The van der Waals surface area contributed by atoms with Crippen molar-refractivity contribution >= 4 is 11.8 Å². The second-order valence-corrected chi connectivity index (χ2v) is 8.30. The van der Waals surface area contributed by atoms with Crippen molar-refractivity contribution < 1.29 is 9.53 Å². The summed E-state index contributed by atoms with van der Waals surface area (Å²) in [5, 5.41) is 3.66. The van der Waals surface area contributed by atoms with E-state index in [1.54, 1.807) is 0 Å². The highest BCUT2D eigenvalue weighted by Gasteiger charge is 2.29.